The number of fused-ring (bicyclic) bond motifs is 9. The molecule has 0 N–H and O–H groups in total. The molecule has 4 aliphatic rings. The van der Waals surface area contributed by atoms with Crippen LogP contribution < -0.4 is 26.2 Å². The first-order chi connectivity index (χ1) is 49.4. The zero-order valence-electron chi connectivity index (χ0n) is 64.4. The van der Waals surface area contributed by atoms with Gasteiger partial charge >= 0.3 is 0 Å². The predicted molar refractivity (Wildman–Crippen MR) is 449 cm³/mol. The average Bonchev–Trinajstić information content (AvgIpc) is 0.862. The van der Waals surface area contributed by atoms with E-state index in [-0.39, 0.29) is 44.6 Å². The summed E-state index contributed by atoms with van der Waals surface area (Å²) >= 11 is 0. The molecule has 0 radical (unpaired) electrons. The minimum absolute atomic E-state index is 0.00970. The number of nitrogens with zero attached hydrogens (tertiary/aromatic N) is 3. The predicted octanol–water partition coefficient (Wildman–Crippen LogP) is 25.8. The molecule has 2 aliphatic carbocycles. The molecule has 0 saturated heterocycles. The number of anilines is 6. The van der Waals surface area contributed by atoms with E-state index in [4.69, 9.17) is 0 Å². The van der Waals surface area contributed by atoms with E-state index in [1.807, 2.05) is 0 Å². The van der Waals surface area contributed by atoms with Gasteiger partial charge in [-0.1, -0.05) is 294 Å². The Labute approximate surface area is 619 Å². The third kappa shape index (κ3) is 11.3. The van der Waals surface area contributed by atoms with Crippen molar-refractivity contribution in [2.24, 2.45) is 0 Å². The Morgan fingerprint density at radius 2 is 0.683 bits per heavy atom. The van der Waals surface area contributed by atoms with E-state index in [1.165, 1.54) is 181 Å². The van der Waals surface area contributed by atoms with Gasteiger partial charge in [0.2, 0.25) is 0 Å². The molecular weight excluding hydrogens is 1250 g/mol. The highest BCUT2D eigenvalue weighted by atomic mass is 15.2. The van der Waals surface area contributed by atoms with E-state index in [2.05, 4.69) is 381 Å². The van der Waals surface area contributed by atoms with Gasteiger partial charge in [-0.3, -0.25) is 0 Å². The Morgan fingerprint density at radius 3 is 1.23 bits per heavy atom. The van der Waals surface area contributed by atoms with Gasteiger partial charge in [-0.05, 0) is 247 Å². The van der Waals surface area contributed by atoms with Gasteiger partial charge in [-0.15, -0.1) is 0 Å². The van der Waals surface area contributed by atoms with E-state index >= 15 is 0 Å². The molecule has 0 saturated carbocycles. The van der Waals surface area contributed by atoms with Crippen molar-refractivity contribution in [1.82, 2.24) is 4.57 Å². The SMILES string of the molecule is CC(C)(C)c1ccc(-c2cc3c4c(c2)N(c2ccc(-c5ccc6c(c5)C(C)(C)CCC6(C)C)cc2)c2cc(-n5c6ccccc6c6cc(-c7ccccc7)ccc65)ccc2B4c2cc(-c4cc(C(C)(C)C)cc(C(C)(C)C)c4)ccc2N3c2ccc(-c3ccc4c(c3)C(C)(C)CCC4(C)C)cc2)cc1. The van der Waals surface area contributed by atoms with Crippen LogP contribution in [0.2, 0.25) is 0 Å². The number of hydrogen-bond donors (Lipinski definition) is 0. The number of aromatic nitrogens is 1. The lowest BCUT2D eigenvalue weighted by Crippen LogP contribution is -2.61. The largest absolute Gasteiger partial charge is 0.311 e. The summed E-state index contributed by atoms with van der Waals surface area (Å²) < 4.78 is 2.52. The Balaban J connectivity index is 0.933. The highest BCUT2D eigenvalue weighted by molar-refractivity contribution is 7.00. The fourth-order valence-electron chi connectivity index (χ4n) is 18.1. The van der Waals surface area contributed by atoms with Crippen LogP contribution in [0.15, 0.2) is 249 Å². The normalized spacial score (nSPS) is 16.2. The standard InChI is InChI=1S/C100H100BN3/c1-94(2,3)73-37-27-66(28-38-73)72-59-91-93-92(60-72)103(77-41-31-65(32-42-77)69-34-45-82-84(57-69)100(16,17)52-50-98(82,12)13)90-62-78(104-87-26-22-21-25-79(87)80-55-67(35-47-88(80)104)63-23-19-18-20-24-63)43-46-85(90)101(93)86-58-70(71-53-74(95(4,5)6)61-75(54-71)96(7,8)9)36-48-89(86)102(91)76-39-29-64(30-40-76)68-33-44-81-83(56-68)99(14,15)51-49-97(81,10)11/h18-48,53-62H,49-52H2,1-17H3. The van der Waals surface area contributed by atoms with Crippen LogP contribution in [0.5, 0.6) is 0 Å². The zero-order valence-corrected chi connectivity index (χ0v) is 64.4. The van der Waals surface area contributed by atoms with Crippen molar-refractivity contribution >= 4 is 79.0 Å². The van der Waals surface area contributed by atoms with Gasteiger partial charge in [0.05, 0.1) is 11.0 Å². The molecule has 104 heavy (non-hydrogen) atoms. The molecular formula is C100H100BN3. The number of hydrogen-bond acceptors (Lipinski definition) is 2. The van der Waals surface area contributed by atoms with Crippen molar-refractivity contribution in [2.75, 3.05) is 9.80 Å². The first-order valence-electron chi connectivity index (χ1n) is 38.3. The lowest BCUT2D eigenvalue weighted by molar-refractivity contribution is 0.332. The quantitative estimate of drug-likeness (QED) is 0.141. The van der Waals surface area contributed by atoms with Gasteiger partial charge in [0.1, 0.15) is 0 Å². The summed E-state index contributed by atoms with van der Waals surface area (Å²) in [5.41, 5.74) is 36.8. The van der Waals surface area contributed by atoms with Crippen LogP contribution in [0.1, 0.15) is 182 Å². The maximum Gasteiger partial charge on any atom is 0.252 e. The van der Waals surface area contributed by atoms with Crippen molar-refractivity contribution in [3.63, 3.8) is 0 Å². The number of para-hydroxylation sites is 1. The fourth-order valence-corrected chi connectivity index (χ4v) is 18.1. The molecule has 0 spiro atoms. The Kier molecular flexibility index (Phi) is 15.4. The van der Waals surface area contributed by atoms with E-state index < -0.39 is 0 Å². The van der Waals surface area contributed by atoms with Crippen LogP contribution in [-0.4, -0.2) is 11.3 Å². The summed E-state index contributed by atoms with van der Waals surface area (Å²) in [5.74, 6) is 0. The molecule has 3 nitrogen and oxygen atoms in total. The molecule has 0 atom stereocenters. The van der Waals surface area contributed by atoms with Crippen LogP contribution in [0.25, 0.3) is 83.1 Å². The van der Waals surface area contributed by atoms with Gasteiger partial charge < -0.3 is 14.4 Å². The Bertz CT molecular complexity index is 5570. The van der Waals surface area contributed by atoms with Gasteiger partial charge in [0.15, 0.2) is 0 Å². The third-order valence-electron chi connectivity index (χ3n) is 24.8. The van der Waals surface area contributed by atoms with Crippen molar-refractivity contribution in [2.45, 2.75) is 181 Å². The van der Waals surface area contributed by atoms with Crippen LogP contribution in [-0.2, 0) is 37.9 Å². The van der Waals surface area contributed by atoms with Crippen LogP contribution in [0.3, 0.4) is 0 Å². The molecule has 0 amide bonds. The molecule has 1 aromatic heterocycles. The van der Waals surface area contributed by atoms with Crippen LogP contribution in [0.4, 0.5) is 34.1 Å². The van der Waals surface area contributed by atoms with Gasteiger partial charge in [-0.25, -0.2) is 0 Å². The topological polar surface area (TPSA) is 11.4 Å². The molecule has 518 valence electrons. The lowest BCUT2D eigenvalue weighted by atomic mass is 9.33. The zero-order chi connectivity index (χ0) is 72.5. The summed E-state index contributed by atoms with van der Waals surface area (Å²) in [4.78, 5) is 5.26. The number of benzene rings is 12. The highest BCUT2D eigenvalue weighted by Crippen LogP contribution is 2.52. The third-order valence-corrected chi connectivity index (χ3v) is 24.8. The van der Waals surface area contributed by atoms with Gasteiger partial charge in [0, 0.05) is 50.6 Å². The molecule has 0 unspecified atom stereocenters. The van der Waals surface area contributed by atoms with Crippen molar-refractivity contribution < 1.29 is 0 Å². The smallest absolute Gasteiger partial charge is 0.252 e. The summed E-state index contributed by atoms with van der Waals surface area (Å²) in [7, 11) is 0. The summed E-state index contributed by atoms with van der Waals surface area (Å²) in [5, 5.41) is 2.47. The van der Waals surface area contributed by atoms with Gasteiger partial charge in [0.25, 0.3) is 6.71 Å². The first kappa shape index (κ1) is 67.3. The second kappa shape index (κ2) is 23.8. The Hall–Kier alpha value is -9.90. The van der Waals surface area contributed by atoms with Crippen molar-refractivity contribution in [3.8, 4) is 61.3 Å². The second-order valence-corrected chi connectivity index (χ2v) is 36.8. The molecule has 17 rings (SSSR count). The van der Waals surface area contributed by atoms with Gasteiger partial charge in [-0.2, -0.15) is 0 Å². The average molecular weight is 1350 g/mol. The molecule has 12 aromatic carbocycles. The molecule has 0 fully saturated rings. The minimum Gasteiger partial charge on any atom is -0.311 e. The summed E-state index contributed by atoms with van der Waals surface area (Å²) in [6, 6.07) is 97.6. The summed E-state index contributed by atoms with van der Waals surface area (Å²) in [6.45, 7) is 40.4. The first-order valence-corrected chi connectivity index (χ1v) is 38.3. The molecule has 4 heteroatoms. The lowest BCUT2D eigenvalue weighted by Gasteiger charge is -2.45. The van der Waals surface area contributed by atoms with E-state index in [0.717, 1.165) is 17.1 Å². The number of rotatable bonds is 8. The highest BCUT2D eigenvalue weighted by Gasteiger charge is 2.45. The summed E-state index contributed by atoms with van der Waals surface area (Å²) in [6.07, 6.45) is 4.73. The minimum atomic E-state index is -0.159. The second-order valence-electron chi connectivity index (χ2n) is 36.8. The maximum absolute atomic E-state index is 2.64. The van der Waals surface area contributed by atoms with Crippen molar-refractivity contribution in [3.05, 3.63) is 288 Å². The monoisotopic (exact) mass is 1350 g/mol. The molecule has 2 aliphatic heterocycles. The van der Waals surface area contributed by atoms with E-state index in [9.17, 15) is 0 Å². The van der Waals surface area contributed by atoms with Crippen molar-refractivity contribution in [1.29, 1.82) is 0 Å². The van der Waals surface area contributed by atoms with Crippen LogP contribution in [0, 0.1) is 0 Å². The van der Waals surface area contributed by atoms with E-state index in [0.29, 0.717) is 0 Å². The van der Waals surface area contributed by atoms with Crippen LogP contribution >= 0.6 is 0 Å². The molecule has 13 aromatic rings. The molecule has 3 heterocycles. The van der Waals surface area contributed by atoms with E-state index in [1.54, 1.807) is 0 Å². The maximum atomic E-state index is 2.64. The fraction of sp³-hybridized carbons (Fsp3) is 0.280. The Morgan fingerprint density at radius 1 is 0.269 bits per heavy atom. The molecule has 0 bridgehead atoms.